The molecule has 0 spiro atoms. The molecule has 0 aliphatic rings. The summed E-state index contributed by atoms with van der Waals surface area (Å²) >= 11 is 2.05. The Labute approximate surface area is 220 Å². The second-order valence-corrected chi connectivity index (χ2v) is 9.59. The zero-order chi connectivity index (χ0) is 26.7. The third kappa shape index (κ3) is 4.39. The fourth-order valence-corrected chi connectivity index (χ4v) is 5.30. The van der Waals surface area contributed by atoms with Crippen molar-refractivity contribution in [2.75, 3.05) is 7.11 Å². The lowest BCUT2D eigenvalue weighted by Gasteiger charge is -2.17. The van der Waals surface area contributed by atoms with Crippen molar-refractivity contribution in [2.24, 2.45) is 0 Å². The highest BCUT2D eigenvalue weighted by Gasteiger charge is 2.38. The minimum Gasteiger partial charge on any atom is -0.465 e. The molecule has 9 heteroatoms. The second-order valence-electron chi connectivity index (χ2n) is 8.43. The van der Waals surface area contributed by atoms with Crippen molar-refractivity contribution in [1.82, 2.24) is 0 Å². The van der Waals surface area contributed by atoms with Crippen LogP contribution in [0.5, 0.6) is 0 Å². The SMILES string of the molecule is COC(=O)c1cc2c3ccc(-c4ccc(C(F)(F)F)cc4C(F)(F)F)cc3c3ccccc3c2cc1I. The largest absolute Gasteiger partial charge is 0.465 e. The number of halogens is 7. The zero-order valence-corrected chi connectivity index (χ0v) is 21.0. The molecular formula is C28H15F6IO2. The fourth-order valence-electron chi connectivity index (χ4n) is 4.61. The van der Waals surface area contributed by atoms with Crippen LogP contribution in [0.25, 0.3) is 43.4 Å². The summed E-state index contributed by atoms with van der Waals surface area (Å²) in [6, 6.07) is 17.2. The van der Waals surface area contributed by atoms with Crippen LogP contribution in [0.4, 0.5) is 26.3 Å². The monoisotopic (exact) mass is 624 g/mol. The summed E-state index contributed by atoms with van der Waals surface area (Å²) in [5.74, 6) is -0.524. The number of ether oxygens (including phenoxy) is 1. The van der Waals surface area contributed by atoms with E-state index in [4.69, 9.17) is 4.74 Å². The van der Waals surface area contributed by atoms with Gasteiger partial charge in [0.05, 0.1) is 23.8 Å². The number of carbonyl (C=O) groups excluding carboxylic acids is 1. The van der Waals surface area contributed by atoms with E-state index in [9.17, 15) is 31.1 Å². The highest BCUT2D eigenvalue weighted by molar-refractivity contribution is 14.1. The smallest absolute Gasteiger partial charge is 0.417 e. The molecule has 0 saturated heterocycles. The first kappa shape index (κ1) is 25.3. The van der Waals surface area contributed by atoms with Crippen molar-refractivity contribution < 1.29 is 35.9 Å². The molecule has 0 saturated carbocycles. The highest BCUT2D eigenvalue weighted by Crippen LogP contribution is 2.43. The summed E-state index contributed by atoms with van der Waals surface area (Å²) in [4.78, 5) is 12.3. The standard InChI is InChI=1S/C28H15F6IO2/c1-37-26(36)23-12-21-19-8-6-14(16-9-7-15(27(29,30)31)11-24(16)28(32,33)34)10-20(19)17-4-2-3-5-18(17)22(21)13-25(23)35/h2-13H,1H3. The molecule has 0 aliphatic carbocycles. The summed E-state index contributed by atoms with van der Waals surface area (Å²) in [5, 5.41) is 4.40. The van der Waals surface area contributed by atoms with Crippen LogP contribution in [0.1, 0.15) is 21.5 Å². The van der Waals surface area contributed by atoms with Crippen LogP contribution >= 0.6 is 22.6 Å². The Morgan fingerprint density at radius 3 is 1.89 bits per heavy atom. The van der Waals surface area contributed by atoms with E-state index in [0.717, 1.165) is 22.2 Å². The molecule has 0 amide bonds. The lowest BCUT2D eigenvalue weighted by Crippen LogP contribution is -2.12. The normalized spacial score (nSPS) is 12.4. The van der Waals surface area contributed by atoms with Crippen molar-refractivity contribution in [2.45, 2.75) is 12.4 Å². The van der Waals surface area contributed by atoms with Gasteiger partial charge in [-0.2, -0.15) is 26.3 Å². The highest BCUT2D eigenvalue weighted by atomic mass is 127. The van der Waals surface area contributed by atoms with Crippen LogP contribution in [-0.2, 0) is 17.1 Å². The Morgan fingerprint density at radius 1 is 0.703 bits per heavy atom. The molecular weight excluding hydrogens is 609 g/mol. The molecule has 5 aromatic carbocycles. The molecule has 0 aliphatic heterocycles. The van der Waals surface area contributed by atoms with Gasteiger partial charge in [0.1, 0.15) is 0 Å². The molecule has 37 heavy (non-hydrogen) atoms. The predicted octanol–water partition coefficient (Wildman–Crippen LogP) is 9.24. The van der Waals surface area contributed by atoms with E-state index >= 15 is 0 Å². The van der Waals surface area contributed by atoms with E-state index in [0.29, 0.717) is 31.4 Å². The van der Waals surface area contributed by atoms with Crippen LogP contribution in [0.3, 0.4) is 0 Å². The average molecular weight is 624 g/mol. The number of hydrogen-bond acceptors (Lipinski definition) is 2. The van der Waals surface area contributed by atoms with Gasteiger partial charge in [0.25, 0.3) is 0 Å². The third-order valence-corrected chi connectivity index (χ3v) is 7.19. The Morgan fingerprint density at radius 2 is 1.30 bits per heavy atom. The van der Waals surface area contributed by atoms with Crippen LogP contribution in [-0.4, -0.2) is 13.1 Å². The number of alkyl halides is 6. The van der Waals surface area contributed by atoms with Gasteiger partial charge in [-0.25, -0.2) is 4.79 Å². The first-order valence-electron chi connectivity index (χ1n) is 10.8. The maximum absolute atomic E-state index is 13.9. The third-order valence-electron chi connectivity index (χ3n) is 6.29. The van der Waals surface area contributed by atoms with Crippen molar-refractivity contribution in [3.8, 4) is 11.1 Å². The quantitative estimate of drug-likeness (QED) is 0.0848. The van der Waals surface area contributed by atoms with Gasteiger partial charge in [-0.1, -0.05) is 42.5 Å². The fraction of sp³-hybridized carbons (Fsp3) is 0.107. The number of carbonyl (C=O) groups is 1. The molecule has 5 aromatic rings. The molecule has 0 N–H and O–H groups in total. The first-order chi connectivity index (χ1) is 17.4. The molecule has 0 unspecified atom stereocenters. The minimum atomic E-state index is -5.00. The molecule has 0 radical (unpaired) electrons. The van der Waals surface area contributed by atoms with Gasteiger partial charge in [0.15, 0.2) is 0 Å². The summed E-state index contributed by atoms with van der Waals surface area (Å²) in [5.41, 5.74) is -2.63. The molecule has 0 atom stereocenters. The average Bonchev–Trinajstić information content (AvgIpc) is 2.86. The second kappa shape index (κ2) is 8.90. The molecule has 0 heterocycles. The van der Waals surface area contributed by atoms with Gasteiger partial charge >= 0.3 is 18.3 Å². The summed E-state index contributed by atoms with van der Waals surface area (Å²) in [7, 11) is 1.27. The van der Waals surface area contributed by atoms with E-state index < -0.39 is 29.4 Å². The number of esters is 1. The maximum Gasteiger partial charge on any atom is 0.417 e. The molecule has 5 rings (SSSR count). The van der Waals surface area contributed by atoms with Crippen molar-refractivity contribution in [3.63, 3.8) is 0 Å². The number of benzene rings is 5. The van der Waals surface area contributed by atoms with Gasteiger partial charge < -0.3 is 4.74 Å². The van der Waals surface area contributed by atoms with Crippen LogP contribution in [0, 0.1) is 3.57 Å². The molecule has 0 aromatic heterocycles. The van der Waals surface area contributed by atoms with Crippen molar-refractivity contribution in [3.05, 3.63) is 93.1 Å². The Hall–Kier alpha value is -3.34. The number of methoxy groups -OCH3 is 1. The molecule has 0 bridgehead atoms. The maximum atomic E-state index is 13.9. The van der Waals surface area contributed by atoms with Crippen LogP contribution in [0.2, 0.25) is 0 Å². The minimum absolute atomic E-state index is 0.122. The van der Waals surface area contributed by atoms with E-state index in [-0.39, 0.29) is 17.2 Å². The number of fused-ring (bicyclic) bond motifs is 6. The first-order valence-corrected chi connectivity index (χ1v) is 11.9. The topological polar surface area (TPSA) is 26.3 Å². The van der Waals surface area contributed by atoms with Crippen molar-refractivity contribution in [1.29, 1.82) is 0 Å². The Balaban J connectivity index is 1.85. The van der Waals surface area contributed by atoms with E-state index in [2.05, 4.69) is 0 Å². The van der Waals surface area contributed by atoms with E-state index in [1.54, 1.807) is 24.3 Å². The van der Waals surface area contributed by atoms with E-state index in [1.807, 2.05) is 46.9 Å². The van der Waals surface area contributed by atoms with Crippen molar-refractivity contribution >= 4 is 60.9 Å². The lowest BCUT2D eigenvalue weighted by molar-refractivity contribution is -0.142. The summed E-state index contributed by atoms with van der Waals surface area (Å²) < 4.78 is 86.6. The van der Waals surface area contributed by atoms with Gasteiger partial charge in [0.2, 0.25) is 0 Å². The molecule has 0 fully saturated rings. The predicted molar refractivity (Wildman–Crippen MR) is 138 cm³/mol. The van der Waals surface area contributed by atoms with Gasteiger partial charge in [-0.05, 0) is 96.4 Å². The number of hydrogen-bond donors (Lipinski definition) is 0. The van der Waals surface area contributed by atoms with Crippen LogP contribution < -0.4 is 0 Å². The van der Waals surface area contributed by atoms with Gasteiger partial charge in [-0.15, -0.1) is 0 Å². The van der Waals surface area contributed by atoms with Gasteiger partial charge in [-0.3, -0.25) is 0 Å². The zero-order valence-electron chi connectivity index (χ0n) is 18.9. The lowest BCUT2D eigenvalue weighted by atomic mass is 9.90. The van der Waals surface area contributed by atoms with E-state index in [1.165, 1.54) is 13.2 Å². The Bertz CT molecular complexity index is 1720. The summed E-state index contributed by atoms with van der Waals surface area (Å²) in [6.07, 6.45) is -9.91. The Kier molecular flexibility index (Phi) is 6.09. The number of rotatable bonds is 2. The van der Waals surface area contributed by atoms with Crippen LogP contribution in [0.15, 0.2) is 72.8 Å². The summed E-state index contributed by atoms with van der Waals surface area (Å²) in [6.45, 7) is 0. The molecule has 2 nitrogen and oxygen atoms in total. The van der Waals surface area contributed by atoms with Gasteiger partial charge in [0, 0.05) is 3.57 Å². The molecule has 188 valence electrons.